The summed E-state index contributed by atoms with van der Waals surface area (Å²) in [5.41, 5.74) is 3.41. The fraction of sp³-hybridized carbons (Fsp3) is 0.348. The van der Waals surface area contributed by atoms with E-state index in [2.05, 4.69) is 15.0 Å². The molecule has 31 heavy (non-hydrogen) atoms. The zero-order chi connectivity index (χ0) is 21.5. The first kappa shape index (κ1) is 19.8. The summed E-state index contributed by atoms with van der Waals surface area (Å²) in [7, 11) is 1.84. The molecule has 1 fully saturated rings. The fourth-order valence-electron chi connectivity index (χ4n) is 4.29. The van der Waals surface area contributed by atoms with Gasteiger partial charge in [0, 0.05) is 54.2 Å². The Labute approximate surface area is 178 Å². The van der Waals surface area contributed by atoms with Gasteiger partial charge in [0.25, 0.3) is 5.56 Å². The third-order valence-corrected chi connectivity index (χ3v) is 5.93. The van der Waals surface area contributed by atoms with Gasteiger partial charge in [0.2, 0.25) is 0 Å². The van der Waals surface area contributed by atoms with Crippen LogP contribution in [0.4, 0.5) is 4.39 Å². The van der Waals surface area contributed by atoms with Gasteiger partial charge < -0.3 is 9.30 Å². The number of aromatic nitrogens is 4. The Balaban J connectivity index is 1.58. The number of fused-ring (bicyclic) bond motifs is 3. The highest BCUT2D eigenvalue weighted by molar-refractivity contribution is 6.07. The molecule has 0 spiro atoms. The number of morpholine rings is 1. The predicted molar refractivity (Wildman–Crippen MR) is 117 cm³/mol. The number of pyridine rings is 1. The maximum atomic E-state index is 14.9. The molecule has 0 amide bonds. The second kappa shape index (κ2) is 7.86. The first-order chi connectivity index (χ1) is 15.0. The van der Waals surface area contributed by atoms with Gasteiger partial charge in [-0.15, -0.1) is 0 Å². The summed E-state index contributed by atoms with van der Waals surface area (Å²) in [6.07, 6.45) is 1.65. The van der Waals surface area contributed by atoms with E-state index in [0.29, 0.717) is 41.6 Å². The summed E-state index contributed by atoms with van der Waals surface area (Å²) < 4.78 is 23.6. The molecule has 4 heterocycles. The Morgan fingerprint density at radius 2 is 1.94 bits per heavy atom. The van der Waals surface area contributed by atoms with Crippen LogP contribution >= 0.6 is 0 Å². The lowest BCUT2D eigenvalue weighted by atomic mass is 10.1. The highest BCUT2D eigenvalue weighted by atomic mass is 19.1. The molecule has 3 aromatic heterocycles. The average Bonchev–Trinajstić information content (AvgIpc) is 3.03. The Hall–Kier alpha value is -3.10. The summed E-state index contributed by atoms with van der Waals surface area (Å²) in [5.74, 6) is -0.264. The Bertz CT molecular complexity index is 1340. The standard InChI is InChI=1S/C23H24FN5O2/c1-15-4-3-5-17(26-15)14-29-23(30)22-19(12-25-29)18-11-20(24)16(10-21(18)27(22)2)13-28-6-8-31-9-7-28/h3-5,10-12H,6-9,13-14H2,1-2H3. The van der Waals surface area contributed by atoms with Crippen LogP contribution in [0.2, 0.25) is 0 Å². The summed E-state index contributed by atoms with van der Waals surface area (Å²) in [5, 5.41) is 5.71. The fourth-order valence-corrected chi connectivity index (χ4v) is 4.29. The minimum Gasteiger partial charge on any atom is -0.379 e. The van der Waals surface area contributed by atoms with Crippen LogP contribution in [0, 0.1) is 12.7 Å². The van der Waals surface area contributed by atoms with Crippen LogP contribution in [0.15, 0.2) is 41.3 Å². The molecule has 4 aromatic rings. The Kier molecular flexibility index (Phi) is 5.03. The predicted octanol–water partition coefficient (Wildman–Crippen LogP) is 2.61. The van der Waals surface area contributed by atoms with Gasteiger partial charge in [0.15, 0.2) is 0 Å². The molecule has 7 nitrogen and oxygen atoms in total. The molecule has 0 radical (unpaired) electrons. The maximum absolute atomic E-state index is 14.9. The molecule has 0 atom stereocenters. The topological polar surface area (TPSA) is 65.2 Å². The number of aryl methyl sites for hydroxylation is 2. The molecule has 0 saturated carbocycles. The van der Waals surface area contributed by atoms with Gasteiger partial charge >= 0.3 is 0 Å². The summed E-state index contributed by atoms with van der Waals surface area (Å²) in [4.78, 5) is 19.9. The van der Waals surface area contributed by atoms with Crippen molar-refractivity contribution in [1.29, 1.82) is 0 Å². The van der Waals surface area contributed by atoms with E-state index in [4.69, 9.17) is 4.74 Å². The maximum Gasteiger partial charge on any atom is 0.291 e. The van der Waals surface area contributed by atoms with E-state index in [-0.39, 0.29) is 17.9 Å². The van der Waals surface area contributed by atoms with Crippen molar-refractivity contribution in [3.63, 3.8) is 0 Å². The lowest BCUT2D eigenvalue weighted by Gasteiger charge is -2.26. The molecule has 160 valence electrons. The lowest BCUT2D eigenvalue weighted by molar-refractivity contribution is 0.0337. The Morgan fingerprint density at radius 3 is 2.71 bits per heavy atom. The van der Waals surface area contributed by atoms with Crippen LogP contribution in [0.3, 0.4) is 0 Å². The molecular formula is C23H24FN5O2. The molecular weight excluding hydrogens is 397 g/mol. The Morgan fingerprint density at radius 1 is 1.13 bits per heavy atom. The zero-order valence-corrected chi connectivity index (χ0v) is 17.6. The van der Waals surface area contributed by atoms with E-state index < -0.39 is 0 Å². The van der Waals surface area contributed by atoms with Gasteiger partial charge in [-0.3, -0.25) is 14.7 Å². The highest BCUT2D eigenvalue weighted by Crippen LogP contribution is 2.28. The number of ether oxygens (including phenoxy) is 1. The van der Waals surface area contributed by atoms with Gasteiger partial charge in [-0.1, -0.05) is 6.07 Å². The molecule has 1 aromatic carbocycles. The molecule has 1 aliphatic heterocycles. The van der Waals surface area contributed by atoms with Gasteiger partial charge in [-0.25, -0.2) is 9.07 Å². The molecule has 1 saturated heterocycles. The monoisotopic (exact) mass is 421 g/mol. The van der Waals surface area contributed by atoms with Crippen LogP contribution in [0.5, 0.6) is 0 Å². The van der Waals surface area contributed by atoms with Crippen molar-refractivity contribution in [2.24, 2.45) is 7.05 Å². The van der Waals surface area contributed by atoms with Crippen molar-refractivity contribution in [1.82, 2.24) is 24.2 Å². The summed E-state index contributed by atoms with van der Waals surface area (Å²) in [6.45, 7) is 5.62. The van der Waals surface area contributed by atoms with Crippen LogP contribution in [-0.4, -0.2) is 50.5 Å². The SMILES string of the molecule is Cc1cccc(Cn2ncc3c4cc(F)c(CN5CCOCC5)cc4n(C)c3c2=O)n1. The first-order valence-corrected chi connectivity index (χ1v) is 10.4. The van der Waals surface area contributed by atoms with Crippen LogP contribution in [-0.2, 0) is 24.9 Å². The van der Waals surface area contributed by atoms with Crippen molar-refractivity contribution in [3.05, 3.63) is 69.7 Å². The van der Waals surface area contributed by atoms with Gasteiger partial charge in [-0.2, -0.15) is 5.10 Å². The van der Waals surface area contributed by atoms with E-state index in [9.17, 15) is 9.18 Å². The quantitative estimate of drug-likeness (QED) is 0.507. The van der Waals surface area contributed by atoms with E-state index >= 15 is 0 Å². The summed E-state index contributed by atoms with van der Waals surface area (Å²) in [6, 6.07) is 9.08. The van der Waals surface area contributed by atoms with Gasteiger partial charge in [0.1, 0.15) is 11.3 Å². The molecule has 0 bridgehead atoms. The number of nitrogens with zero attached hydrogens (tertiary/aromatic N) is 5. The molecule has 0 aliphatic carbocycles. The zero-order valence-electron chi connectivity index (χ0n) is 17.6. The van der Waals surface area contributed by atoms with E-state index in [1.54, 1.807) is 6.20 Å². The van der Waals surface area contributed by atoms with E-state index in [1.165, 1.54) is 10.7 Å². The van der Waals surface area contributed by atoms with Crippen LogP contribution in [0.25, 0.3) is 21.8 Å². The lowest BCUT2D eigenvalue weighted by Crippen LogP contribution is -2.35. The average molecular weight is 421 g/mol. The minimum atomic E-state index is -0.264. The van der Waals surface area contributed by atoms with Crippen molar-refractivity contribution in [2.45, 2.75) is 20.0 Å². The van der Waals surface area contributed by atoms with Crippen molar-refractivity contribution >= 4 is 21.8 Å². The van der Waals surface area contributed by atoms with Crippen LogP contribution in [0.1, 0.15) is 17.0 Å². The molecule has 0 unspecified atom stereocenters. The molecule has 8 heteroatoms. The van der Waals surface area contributed by atoms with E-state index in [1.807, 2.05) is 42.8 Å². The number of benzene rings is 1. The number of rotatable bonds is 4. The number of hydrogen-bond acceptors (Lipinski definition) is 5. The molecule has 5 rings (SSSR count). The molecule has 1 aliphatic rings. The summed E-state index contributed by atoms with van der Waals surface area (Å²) >= 11 is 0. The van der Waals surface area contributed by atoms with Gasteiger partial charge in [-0.05, 0) is 31.2 Å². The molecule has 0 N–H and O–H groups in total. The number of halogens is 1. The third kappa shape index (κ3) is 3.62. The second-order valence-electron chi connectivity index (χ2n) is 8.05. The second-order valence-corrected chi connectivity index (χ2v) is 8.05. The van der Waals surface area contributed by atoms with Crippen molar-refractivity contribution in [2.75, 3.05) is 26.3 Å². The van der Waals surface area contributed by atoms with E-state index in [0.717, 1.165) is 30.0 Å². The minimum absolute atomic E-state index is 0.213. The van der Waals surface area contributed by atoms with Crippen molar-refractivity contribution < 1.29 is 9.13 Å². The smallest absolute Gasteiger partial charge is 0.291 e. The van der Waals surface area contributed by atoms with Crippen LogP contribution < -0.4 is 5.56 Å². The normalized spacial score (nSPS) is 15.2. The number of hydrogen-bond donors (Lipinski definition) is 0. The largest absolute Gasteiger partial charge is 0.379 e. The van der Waals surface area contributed by atoms with Gasteiger partial charge in [0.05, 0.1) is 31.6 Å². The van der Waals surface area contributed by atoms with Crippen molar-refractivity contribution in [3.8, 4) is 0 Å². The first-order valence-electron chi connectivity index (χ1n) is 10.4. The highest BCUT2D eigenvalue weighted by Gasteiger charge is 2.19. The third-order valence-electron chi connectivity index (χ3n) is 5.93.